The largest absolute Gasteiger partial charge is 0.481 e. The lowest BCUT2D eigenvalue weighted by Crippen LogP contribution is -2.63. The molecule has 0 heterocycles. The molecule has 0 saturated heterocycles. The van der Waals surface area contributed by atoms with E-state index in [1.807, 2.05) is 6.92 Å². The van der Waals surface area contributed by atoms with Crippen LogP contribution in [0.1, 0.15) is 72.1 Å². The minimum absolute atomic E-state index is 0.0383. The summed E-state index contributed by atoms with van der Waals surface area (Å²) in [5, 5.41) is 21.2. The first-order valence-electron chi connectivity index (χ1n) is 9.68. The van der Waals surface area contributed by atoms with E-state index in [0.717, 1.165) is 44.9 Å². The van der Waals surface area contributed by atoms with Gasteiger partial charge in [-0.1, -0.05) is 32.4 Å². The van der Waals surface area contributed by atoms with E-state index in [4.69, 9.17) is 0 Å². The highest BCUT2D eigenvalue weighted by Crippen LogP contribution is 2.74. The zero-order valence-electron chi connectivity index (χ0n) is 15.4. The molecule has 24 heavy (non-hydrogen) atoms. The number of aliphatic hydroxyl groups excluding tert-OH is 1. The van der Waals surface area contributed by atoms with E-state index in [9.17, 15) is 15.0 Å². The SMILES string of the molecule is C=C1CC23CC1(C)CCC2C1(C)CCCC(C)(C(=O)O)C1C[C@H]3O. The molecule has 1 spiro atoms. The van der Waals surface area contributed by atoms with Crippen LogP contribution in [0.25, 0.3) is 0 Å². The van der Waals surface area contributed by atoms with Crippen molar-refractivity contribution >= 4 is 5.97 Å². The molecule has 4 saturated carbocycles. The number of hydrogen-bond donors (Lipinski definition) is 2. The number of rotatable bonds is 1. The molecule has 134 valence electrons. The Morgan fingerprint density at radius 3 is 2.54 bits per heavy atom. The lowest BCUT2D eigenvalue weighted by atomic mass is 9.39. The van der Waals surface area contributed by atoms with Crippen molar-refractivity contribution in [3.63, 3.8) is 0 Å². The average Bonchev–Trinajstić information content (AvgIpc) is 2.68. The predicted octanol–water partition coefficient (Wildman–Crippen LogP) is 4.40. The Bertz CT molecular complexity index is 612. The maximum atomic E-state index is 12.1. The third-order valence-corrected chi connectivity index (χ3v) is 9.18. The Hall–Kier alpha value is -0.830. The summed E-state index contributed by atoms with van der Waals surface area (Å²) in [6.07, 6.45) is 7.40. The zero-order valence-corrected chi connectivity index (χ0v) is 15.4. The summed E-state index contributed by atoms with van der Waals surface area (Å²) in [5.74, 6) is -0.150. The fourth-order valence-corrected chi connectivity index (χ4v) is 7.81. The molecule has 0 aromatic heterocycles. The van der Waals surface area contributed by atoms with Crippen molar-refractivity contribution in [1.82, 2.24) is 0 Å². The summed E-state index contributed by atoms with van der Waals surface area (Å²) in [7, 11) is 0. The second-order valence-electron chi connectivity index (χ2n) is 10.2. The molecule has 0 radical (unpaired) electrons. The molecule has 0 aromatic carbocycles. The van der Waals surface area contributed by atoms with Crippen molar-refractivity contribution in [3.8, 4) is 0 Å². The molecule has 7 atom stereocenters. The van der Waals surface area contributed by atoms with Gasteiger partial charge in [0.15, 0.2) is 0 Å². The lowest BCUT2D eigenvalue weighted by Gasteiger charge is -2.65. The summed E-state index contributed by atoms with van der Waals surface area (Å²) in [6, 6.07) is 0. The minimum atomic E-state index is -0.689. The van der Waals surface area contributed by atoms with Gasteiger partial charge in [0.1, 0.15) is 0 Å². The van der Waals surface area contributed by atoms with Gasteiger partial charge in [-0.05, 0) is 74.5 Å². The van der Waals surface area contributed by atoms with Crippen LogP contribution >= 0.6 is 0 Å². The van der Waals surface area contributed by atoms with Crippen LogP contribution in [0.3, 0.4) is 0 Å². The van der Waals surface area contributed by atoms with E-state index in [-0.39, 0.29) is 28.3 Å². The van der Waals surface area contributed by atoms with Crippen LogP contribution < -0.4 is 0 Å². The maximum Gasteiger partial charge on any atom is 0.309 e. The summed E-state index contributed by atoms with van der Waals surface area (Å²) < 4.78 is 0. The van der Waals surface area contributed by atoms with Crippen molar-refractivity contribution in [2.75, 3.05) is 0 Å². The molecular weight excluding hydrogens is 300 g/mol. The molecule has 3 heteroatoms. The fraction of sp³-hybridized carbons (Fsp3) is 0.857. The molecule has 4 fully saturated rings. The second-order valence-corrected chi connectivity index (χ2v) is 10.2. The first kappa shape index (κ1) is 16.6. The van der Waals surface area contributed by atoms with E-state index >= 15 is 0 Å². The first-order chi connectivity index (χ1) is 11.1. The Morgan fingerprint density at radius 1 is 1.17 bits per heavy atom. The predicted molar refractivity (Wildman–Crippen MR) is 93.5 cm³/mol. The highest BCUT2D eigenvalue weighted by atomic mass is 16.4. The van der Waals surface area contributed by atoms with Gasteiger partial charge in [0.25, 0.3) is 0 Å². The number of carboxylic acids is 1. The van der Waals surface area contributed by atoms with E-state index in [2.05, 4.69) is 20.4 Å². The normalized spacial score (nSPS) is 56.5. The van der Waals surface area contributed by atoms with Gasteiger partial charge in [-0.15, -0.1) is 0 Å². The number of carbonyl (C=O) groups is 1. The van der Waals surface area contributed by atoms with Crippen molar-refractivity contribution in [1.29, 1.82) is 0 Å². The fourth-order valence-electron chi connectivity index (χ4n) is 7.81. The van der Waals surface area contributed by atoms with Gasteiger partial charge in [0.2, 0.25) is 0 Å². The molecule has 3 nitrogen and oxygen atoms in total. The summed E-state index contributed by atoms with van der Waals surface area (Å²) in [4.78, 5) is 12.1. The quantitative estimate of drug-likeness (QED) is 0.700. The smallest absolute Gasteiger partial charge is 0.309 e. The van der Waals surface area contributed by atoms with Crippen LogP contribution in [0.5, 0.6) is 0 Å². The molecule has 0 amide bonds. The maximum absolute atomic E-state index is 12.1. The number of hydrogen-bond acceptors (Lipinski definition) is 2. The highest BCUT2D eigenvalue weighted by molar-refractivity contribution is 5.75. The van der Waals surface area contributed by atoms with Crippen LogP contribution in [-0.2, 0) is 4.79 Å². The summed E-state index contributed by atoms with van der Waals surface area (Å²) in [6.45, 7) is 11.0. The summed E-state index contributed by atoms with van der Waals surface area (Å²) >= 11 is 0. The molecule has 0 aliphatic heterocycles. The summed E-state index contributed by atoms with van der Waals surface area (Å²) in [5.41, 5.74) is 0.808. The monoisotopic (exact) mass is 332 g/mol. The average molecular weight is 332 g/mol. The molecule has 2 bridgehead atoms. The van der Waals surface area contributed by atoms with Crippen LogP contribution in [0, 0.1) is 33.5 Å². The zero-order chi connectivity index (χ0) is 17.5. The molecule has 6 unspecified atom stereocenters. The molecule has 4 rings (SSSR count). The van der Waals surface area contributed by atoms with Gasteiger partial charge < -0.3 is 10.2 Å². The number of aliphatic carboxylic acids is 1. The number of aliphatic hydroxyl groups is 1. The van der Waals surface area contributed by atoms with E-state index in [0.29, 0.717) is 12.3 Å². The number of allylic oxidation sites excluding steroid dienone is 1. The van der Waals surface area contributed by atoms with Crippen LogP contribution in [0.2, 0.25) is 0 Å². The Morgan fingerprint density at radius 2 is 1.88 bits per heavy atom. The van der Waals surface area contributed by atoms with Crippen LogP contribution in [-0.4, -0.2) is 22.3 Å². The van der Waals surface area contributed by atoms with Crippen LogP contribution in [0.4, 0.5) is 0 Å². The van der Waals surface area contributed by atoms with E-state index in [1.165, 1.54) is 5.57 Å². The van der Waals surface area contributed by atoms with Gasteiger partial charge in [-0.2, -0.15) is 0 Å². The van der Waals surface area contributed by atoms with Gasteiger partial charge in [0.05, 0.1) is 11.5 Å². The Kier molecular flexibility index (Phi) is 3.23. The molecule has 2 N–H and O–H groups in total. The van der Waals surface area contributed by atoms with E-state index < -0.39 is 11.4 Å². The van der Waals surface area contributed by atoms with Crippen molar-refractivity contribution < 1.29 is 15.0 Å². The van der Waals surface area contributed by atoms with Gasteiger partial charge in [0, 0.05) is 5.41 Å². The number of fused-ring (bicyclic) bond motifs is 3. The van der Waals surface area contributed by atoms with Gasteiger partial charge >= 0.3 is 5.97 Å². The molecule has 4 aliphatic carbocycles. The van der Waals surface area contributed by atoms with Crippen molar-refractivity contribution in [2.45, 2.75) is 78.2 Å². The third kappa shape index (κ3) is 1.75. The standard InChI is InChI=1S/C21H32O3/c1-13-11-21-12-18(13,2)9-6-14(21)19(3)7-5-8-20(4,17(23)24)15(19)10-16(21)22/h14-16,22H,1,5-12H2,2-4H3,(H,23,24)/t14?,15?,16-,18?,19?,20?,21?/m1/s1. The van der Waals surface area contributed by atoms with Crippen molar-refractivity contribution in [2.24, 2.45) is 33.5 Å². The molecular formula is C21H32O3. The Labute approximate surface area is 145 Å². The highest BCUT2D eigenvalue weighted by Gasteiger charge is 2.69. The van der Waals surface area contributed by atoms with Gasteiger partial charge in [-0.25, -0.2) is 0 Å². The minimum Gasteiger partial charge on any atom is -0.481 e. The first-order valence-corrected chi connectivity index (χ1v) is 9.68. The Balaban J connectivity index is 1.81. The lowest BCUT2D eigenvalue weighted by molar-refractivity contribution is -0.211. The van der Waals surface area contributed by atoms with E-state index in [1.54, 1.807) is 0 Å². The molecule has 4 aliphatic rings. The van der Waals surface area contributed by atoms with Crippen molar-refractivity contribution in [3.05, 3.63) is 12.2 Å². The van der Waals surface area contributed by atoms with Crippen LogP contribution in [0.15, 0.2) is 12.2 Å². The number of carboxylic acid groups (broad SMARTS) is 1. The third-order valence-electron chi connectivity index (χ3n) is 9.18. The second kappa shape index (κ2) is 4.66. The topological polar surface area (TPSA) is 57.5 Å². The van der Waals surface area contributed by atoms with Gasteiger partial charge in [-0.3, -0.25) is 4.79 Å². The molecule has 0 aromatic rings.